The molecule has 0 radical (unpaired) electrons. The van der Waals surface area contributed by atoms with Crippen molar-refractivity contribution in [1.82, 2.24) is 10.3 Å². The highest BCUT2D eigenvalue weighted by molar-refractivity contribution is 6.30. The van der Waals surface area contributed by atoms with E-state index >= 15 is 0 Å². The molecule has 1 aromatic heterocycles. The van der Waals surface area contributed by atoms with Crippen molar-refractivity contribution in [1.29, 1.82) is 0 Å². The molecule has 0 fully saturated rings. The topological polar surface area (TPSA) is 42.0 Å². The highest BCUT2D eigenvalue weighted by Crippen LogP contribution is 2.33. The van der Waals surface area contributed by atoms with E-state index in [4.69, 9.17) is 11.6 Å². The van der Waals surface area contributed by atoms with Gasteiger partial charge in [-0.15, -0.1) is 0 Å². The number of carbonyl (C=O) groups excluding carboxylic acids is 1. The SMILES string of the molecule is Cc1nc2ccccc2c(-c2ccccc2)c1C(=O)NCc1cccc(Cl)c1. The van der Waals surface area contributed by atoms with Crippen LogP contribution in [0.3, 0.4) is 0 Å². The largest absolute Gasteiger partial charge is 0.348 e. The zero-order valence-corrected chi connectivity index (χ0v) is 16.2. The molecule has 1 amide bonds. The van der Waals surface area contributed by atoms with Gasteiger partial charge in [0, 0.05) is 22.5 Å². The molecule has 28 heavy (non-hydrogen) atoms. The molecule has 3 nitrogen and oxygen atoms in total. The smallest absolute Gasteiger partial charge is 0.254 e. The van der Waals surface area contributed by atoms with Crippen LogP contribution in [-0.4, -0.2) is 10.9 Å². The normalized spacial score (nSPS) is 10.8. The van der Waals surface area contributed by atoms with Crippen molar-refractivity contribution >= 4 is 28.4 Å². The Balaban J connectivity index is 1.79. The van der Waals surface area contributed by atoms with Crippen molar-refractivity contribution in [2.24, 2.45) is 0 Å². The minimum Gasteiger partial charge on any atom is -0.348 e. The molecular weight excluding hydrogens is 368 g/mol. The highest BCUT2D eigenvalue weighted by atomic mass is 35.5. The zero-order valence-electron chi connectivity index (χ0n) is 15.4. The number of nitrogens with one attached hydrogen (secondary N) is 1. The first-order valence-electron chi connectivity index (χ1n) is 9.11. The molecule has 4 heteroatoms. The first-order chi connectivity index (χ1) is 13.6. The number of halogens is 1. The molecule has 0 aliphatic rings. The average Bonchev–Trinajstić information content (AvgIpc) is 2.71. The molecule has 4 aromatic rings. The number of hydrogen-bond acceptors (Lipinski definition) is 2. The van der Waals surface area contributed by atoms with Crippen LogP contribution in [-0.2, 0) is 6.54 Å². The fourth-order valence-corrected chi connectivity index (χ4v) is 3.65. The molecule has 0 unspecified atom stereocenters. The van der Waals surface area contributed by atoms with Gasteiger partial charge in [-0.25, -0.2) is 0 Å². The summed E-state index contributed by atoms with van der Waals surface area (Å²) in [5.41, 5.74) is 5.05. The van der Waals surface area contributed by atoms with E-state index in [1.807, 2.05) is 85.8 Å². The lowest BCUT2D eigenvalue weighted by atomic mass is 9.94. The van der Waals surface area contributed by atoms with E-state index < -0.39 is 0 Å². The maximum absolute atomic E-state index is 13.2. The Morgan fingerprint density at radius 3 is 2.50 bits per heavy atom. The Morgan fingerprint density at radius 2 is 1.71 bits per heavy atom. The van der Waals surface area contributed by atoms with Gasteiger partial charge < -0.3 is 5.32 Å². The number of aryl methyl sites for hydroxylation is 1. The second kappa shape index (κ2) is 7.83. The van der Waals surface area contributed by atoms with Crippen LogP contribution in [0.4, 0.5) is 0 Å². The lowest BCUT2D eigenvalue weighted by Crippen LogP contribution is -2.25. The van der Waals surface area contributed by atoms with Crippen LogP contribution in [0.25, 0.3) is 22.0 Å². The monoisotopic (exact) mass is 386 g/mol. The Kier molecular flexibility index (Phi) is 5.09. The number of fused-ring (bicyclic) bond motifs is 1. The van der Waals surface area contributed by atoms with Crippen LogP contribution < -0.4 is 5.32 Å². The Bertz CT molecular complexity index is 1160. The lowest BCUT2D eigenvalue weighted by Gasteiger charge is -2.16. The minimum atomic E-state index is -0.144. The predicted octanol–water partition coefficient (Wildman–Crippen LogP) is 5.79. The van der Waals surface area contributed by atoms with Gasteiger partial charge in [-0.3, -0.25) is 9.78 Å². The molecule has 0 aliphatic heterocycles. The predicted molar refractivity (Wildman–Crippen MR) is 115 cm³/mol. The number of carbonyl (C=O) groups is 1. The molecule has 0 saturated carbocycles. The molecule has 0 atom stereocenters. The average molecular weight is 387 g/mol. The summed E-state index contributed by atoms with van der Waals surface area (Å²) in [6.07, 6.45) is 0. The number of nitrogens with zero attached hydrogens (tertiary/aromatic N) is 1. The molecule has 4 rings (SSSR count). The minimum absolute atomic E-state index is 0.144. The van der Waals surface area contributed by atoms with Crippen LogP contribution in [0, 0.1) is 6.92 Å². The molecule has 0 bridgehead atoms. The summed E-state index contributed by atoms with van der Waals surface area (Å²) in [7, 11) is 0. The fraction of sp³-hybridized carbons (Fsp3) is 0.0833. The van der Waals surface area contributed by atoms with Gasteiger partial charge in [0.2, 0.25) is 0 Å². The molecule has 138 valence electrons. The van der Waals surface area contributed by atoms with E-state index in [-0.39, 0.29) is 5.91 Å². The summed E-state index contributed by atoms with van der Waals surface area (Å²) in [5, 5.41) is 4.64. The Hall–Kier alpha value is -3.17. The first-order valence-corrected chi connectivity index (χ1v) is 9.48. The molecule has 0 saturated heterocycles. The fourth-order valence-electron chi connectivity index (χ4n) is 3.43. The van der Waals surface area contributed by atoms with Crippen LogP contribution >= 0.6 is 11.6 Å². The maximum Gasteiger partial charge on any atom is 0.254 e. The Morgan fingerprint density at radius 1 is 0.964 bits per heavy atom. The van der Waals surface area contributed by atoms with E-state index in [2.05, 4.69) is 10.3 Å². The van der Waals surface area contributed by atoms with Crippen molar-refractivity contribution in [2.75, 3.05) is 0 Å². The summed E-state index contributed by atoms with van der Waals surface area (Å²) in [6.45, 7) is 2.28. The van der Waals surface area contributed by atoms with Gasteiger partial charge in [0.15, 0.2) is 0 Å². The number of benzene rings is 3. The van der Waals surface area contributed by atoms with Crippen LogP contribution in [0.15, 0.2) is 78.9 Å². The van der Waals surface area contributed by atoms with Gasteiger partial charge in [0.1, 0.15) is 0 Å². The summed E-state index contributed by atoms with van der Waals surface area (Å²) < 4.78 is 0. The first kappa shape index (κ1) is 18.2. The summed E-state index contributed by atoms with van der Waals surface area (Å²) in [4.78, 5) is 17.8. The van der Waals surface area contributed by atoms with Crippen molar-refractivity contribution < 1.29 is 4.79 Å². The van der Waals surface area contributed by atoms with Gasteiger partial charge in [-0.2, -0.15) is 0 Å². The Labute approximate surface area is 169 Å². The van der Waals surface area contributed by atoms with Crippen LogP contribution in [0.2, 0.25) is 5.02 Å². The van der Waals surface area contributed by atoms with Gasteiger partial charge >= 0.3 is 0 Å². The number of pyridine rings is 1. The van der Waals surface area contributed by atoms with Crippen molar-refractivity contribution in [3.63, 3.8) is 0 Å². The van der Waals surface area contributed by atoms with Gasteiger partial charge in [0.25, 0.3) is 5.91 Å². The van der Waals surface area contributed by atoms with Gasteiger partial charge in [0.05, 0.1) is 16.8 Å². The zero-order chi connectivity index (χ0) is 19.5. The molecule has 1 N–H and O–H groups in total. The van der Waals surface area contributed by atoms with E-state index in [9.17, 15) is 4.79 Å². The number of amides is 1. The summed E-state index contributed by atoms with van der Waals surface area (Å²) >= 11 is 6.05. The van der Waals surface area contributed by atoms with Gasteiger partial charge in [-0.05, 0) is 36.2 Å². The van der Waals surface area contributed by atoms with E-state index in [1.54, 1.807) is 0 Å². The maximum atomic E-state index is 13.2. The van der Waals surface area contributed by atoms with Crippen molar-refractivity contribution in [2.45, 2.75) is 13.5 Å². The highest BCUT2D eigenvalue weighted by Gasteiger charge is 2.20. The standard InChI is InChI=1S/C24H19ClN2O/c1-16-22(24(28)26-15-17-8-7-11-19(25)14-17)23(18-9-3-2-4-10-18)20-12-5-6-13-21(20)27-16/h2-14H,15H2,1H3,(H,26,28). The van der Waals surface area contributed by atoms with Crippen molar-refractivity contribution in [3.05, 3.63) is 101 Å². The number of para-hydroxylation sites is 1. The quantitative estimate of drug-likeness (QED) is 0.482. The van der Waals surface area contributed by atoms with E-state index in [0.717, 1.165) is 27.6 Å². The molecule has 0 spiro atoms. The number of rotatable bonds is 4. The van der Waals surface area contributed by atoms with E-state index in [0.29, 0.717) is 22.8 Å². The van der Waals surface area contributed by atoms with Gasteiger partial charge in [-0.1, -0.05) is 72.3 Å². The number of hydrogen-bond donors (Lipinski definition) is 1. The summed E-state index contributed by atoms with van der Waals surface area (Å²) in [6, 6.07) is 25.4. The molecule has 1 heterocycles. The second-order valence-electron chi connectivity index (χ2n) is 6.64. The van der Waals surface area contributed by atoms with E-state index in [1.165, 1.54) is 0 Å². The third kappa shape index (κ3) is 3.62. The molecular formula is C24H19ClN2O. The third-order valence-corrected chi connectivity index (χ3v) is 4.94. The molecule has 3 aromatic carbocycles. The molecule has 0 aliphatic carbocycles. The third-order valence-electron chi connectivity index (χ3n) is 4.70. The summed E-state index contributed by atoms with van der Waals surface area (Å²) in [5.74, 6) is -0.144. The van der Waals surface area contributed by atoms with Crippen molar-refractivity contribution in [3.8, 4) is 11.1 Å². The van der Waals surface area contributed by atoms with Crippen LogP contribution in [0.5, 0.6) is 0 Å². The second-order valence-corrected chi connectivity index (χ2v) is 7.08. The van der Waals surface area contributed by atoms with Crippen LogP contribution in [0.1, 0.15) is 21.6 Å². The number of aromatic nitrogens is 1. The lowest BCUT2D eigenvalue weighted by molar-refractivity contribution is 0.0950.